The second-order valence-electron chi connectivity index (χ2n) is 14.5. The van der Waals surface area contributed by atoms with E-state index in [1.165, 1.54) is 130 Å². The summed E-state index contributed by atoms with van der Waals surface area (Å²) < 4.78 is 103. The molecular formula is C34H59N3O9S3. The van der Waals surface area contributed by atoms with Gasteiger partial charge in [0.05, 0.1) is 94.7 Å². The Morgan fingerprint density at radius 3 is 1.08 bits per heavy atom. The average molecular weight is 750 g/mol. The van der Waals surface area contributed by atoms with Crippen molar-refractivity contribution in [1.82, 2.24) is 0 Å². The van der Waals surface area contributed by atoms with Gasteiger partial charge in [0.2, 0.25) is 0 Å². The molecule has 49 heavy (non-hydrogen) atoms. The van der Waals surface area contributed by atoms with Gasteiger partial charge in [-0.05, 0) is 114 Å². The summed E-state index contributed by atoms with van der Waals surface area (Å²) >= 11 is 0. The van der Waals surface area contributed by atoms with Crippen LogP contribution >= 0.6 is 0 Å². The van der Waals surface area contributed by atoms with Crippen LogP contribution in [0, 0.1) is 0 Å². The fourth-order valence-corrected chi connectivity index (χ4v) is 8.41. The molecule has 0 N–H and O–H groups in total. The summed E-state index contributed by atoms with van der Waals surface area (Å²) in [6.07, 6.45) is 13.1. The van der Waals surface area contributed by atoms with Gasteiger partial charge in [-0.2, -0.15) is 0 Å². The van der Waals surface area contributed by atoms with E-state index in [4.69, 9.17) is 0 Å². The van der Waals surface area contributed by atoms with Crippen LogP contribution in [0.5, 0.6) is 0 Å². The van der Waals surface area contributed by atoms with Crippen LogP contribution in [0.4, 0.5) is 0 Å². The van der Waals surface area contributed by atoms with Crippen LogP contribution in [-0.4, -0.2) is 132 Å². The predicted octanol–water partition coefficient (Wildman–Crippen LogP) is 4.46. The molecule has 3 heterocycles. The lowest BCUT2D eigenvalue weighted by Crippen LogP contribution is -2.47. The van der Waals surface area contributed by atoms with Crippen molar-refractivity contribution in [2.45, 2.75) is 93.2 Å². The van der Waals surface area contributed by atoms with Crippen LogP contribution in [0.15, 0.2) is 45.0 Å². The Kier molecular flexibility index (Phi) is 16.1. The minimum atomic E-state index is -5.14. The van der Waals surface area contributed by atoms with Crippen LogP contribution in [-0.2, 0) is 30.4 Å². The monoisotopic (exact) mass is 749 g/mol. The Balaban J connectivity index is 0.000000254. The first-order chi connectivity index (χ1) is 22.6. The van der Waals surface area contributed by atoms with Crippen molar-refractivity contribution in [1.29, 1.82) is 0 Å². The van der Waals surface area contributed by atoms with Crippen LogP contribution < -0.4 is 0 Å². The minimum absolute atomic E-state index is 0.310. The molecule has 3 fully saturated rings. The molecule has 0 spiro atoms. The van der Waals surface area contributed by atoms with Gasteiger partial charge in [-0.3, -0.25) is 0 Å². The first-order valence-corrected chi connectivity index (χ1v) is 21.8. The van der Waals surface area contributed by atoms with Gasteiger partial charge >= 0.3 is 0 Å². The number of likely N-dealkylation sites (tertiary alicyclic amines) is 3. The highest BCUT2D eigenvalue weighted by Gasteiger charge is 2.23. The zero-order chi connectivity index (χ0) is 37.2. The van der Waals surface area contributed by atoms with E-state index < -0.39 is 45.0 Å². The first kappa shape index (κ1) is 43.5. The molecule has 0 bridgehead atoms. The fourth-order valence-electron chi connectivity index (χ4n) is 6.57. The Hall–Kier alpha value is -1.69. The van der Waals surface area contributed by atoms with Crippen molar-refractivity contribution in [2.24, 2.45) is 0 Å². The molecule has 0 aliphatic carbocycles. The van der Waals surface area contributed by atoms with Crippen molar-refractivity contribution in [3.05, 3.63) is 30.3 Å². The molecule has 15 heteroatoms. The molecule has 12 nitrogen and oxygen atoms in total. The van der Waals surface area contributed by atoms with E-state index in [0.717, 1.165) is 12.1 Å². The molecule has 2 aromatic rings. The van der Waals surface area contributed by atoms with E-state index in [0.29, 0.717) is 18.2 Å². The Labute approximate surface area is 296 Å². The molecule has 0 amide bonds. The lowest BCUT2D eigenvalue weighted by molar-refractivity contribution is -0.912. The summed E-state index contributed by atoms with van der Waals surface area (Å²) in [6.45, 7) is 19.3. The molecule has 3 saturated heterocycles. The van der Waals surface area contributed by atoms with E-state index in [-0.39, 0.29) is 10.8 Å². The van der Waals surface area contributed by atoms with E-state index >= 15 is 0 Å². The molecule has 0 unspecified atom stereocenters. The van der Waals surface area contributed by atoms with Gasteiger partial charge in [0, 0.05) is 0 Å². The number of fused-ring (bicyclic) bond motifs is 1. The Morgan fingerprint density at radius 1 is 0.490 bits per heavy atom. The van der Waals surface area contributed by atoms with Crippen LogP contribution in [0.25, 0.3) is 10.8 Å². The molecule has 0 radical (unpaired) electrons. The summed E-state index contributed by atoms with van der Waals surface area (Å²) in [4.78, 5) is -2.81. The lowest BCUT2D eigenvalue weighted by atomic mass is 10.1. The third kappa shape index (κ3) is 14.1. The molecule has 0 saturated carbocycles. The van der Waals surface area contributed by atoms with Gasteiger partial charge in [0.1, 0.15) is 30.4 Å². The summed E-state index contributed by atoms with van der Waals surface area (Å²) in [6, 6.07) is 3.39. The number of piperidine rings is 3. The van der Waals surface area contributed by atoms with Gasteiger partial charge in [0.25, 0.3) is 0 Å². The van der Waals surface area contributed by atoms with Crippen molar-refractivity contribution in [3.8, 4) is 0 Å². The van der Waals surface area contributed by atoms with E-state index in [1.54, 1.807) is 0 Å². The summed E-state index contributed by atoms with van der Waals surface area (Å²) in [5.41, 5.74) is 0. The van der Waals surface area contributed by atoms with Crippen LogP contribution in [0.1, 0.15) is 78.6 Å². The van der Waals surface area contributed by atoms with Gasteiger partial charge in [-0.1, -0.05) is 6.07 Å². The van der Waals surface area contributed by atoms with Gasteiger partial charge in [-0.15, -0.1) is 0 Å². The number of hydrogen-bond donors (Lipinski definition) is 0. The third-order valence-electron chi connectivity index (χ3n) is 10.7. The zero-order valence-corrected chi connectivity index (χ0v) is 32.8. The maximum absolute atomic E-state index is 11.2. The van der Waals surface area contributed by atoms with E-state index in [9.17, 15) is 38.9 Å². The fraction of sp³-hybridized carbons (Fsp3) is 0.706. The van der Waals surface area contributed by atoms with E-state index in [1.807, 2.05) is 0 Å². The smallest absolute Gasteiger partial charge is 0.125 e. The average Bonchev–Trinajstić information content (AvgIpc) is 3.05. The Morgan fingerprint density at radius 2 is 0.816 bits per heavy atom. The van der Waals surface area contributed by atoms with Crippen LogP contribution in [0.3, 0.4) is 0 Å². The zero-order valence-electron chi connectivity index (χ0n) is 30.4. The van der Waals surface area contributed by atoms with Crippen molar-refractivity contribution in [2.75, 3.05) is 80.0 Å². The highest BCUT2D eigenvalue weighted by atomic mass is 32.2. The number of rotatable bonds is 6. The maximum atomic E-state index is 11.2. The quantitative estimate of drug-likeness (QED) is 0.305. The standard InChI is InChI=1S/C10H8O9S3.3C8H18N/c11-20(12,13)7-1-2-9-6(3-7)4-8(21(14,15)16)5-10(9)22(17,18)19;3*1-3-9(2)7-5-4-6-8-9/h1-5H,(H,11,12,13)(H,14,15,16)(H,17,18,19);3*3-8H2,1-2H3/q;3*+1/p-3. The molecule has 0 aromatic heterocycles. The highest BCUT2D eigenvalue weighted by molar-refractivity contribution is 7.86. The molecule has 3 aliphatic rings. The van der Waals surface area contributed by atoms with Crippen molar-refractivity contribution < 1.29 is 52.4 Å². The number of hydrogen-bond acceptors (Lipinski definition) is 9. The molecule has 282 valence electrons. The molecule has 3 aliphatic heterocycles. The molecule has 2 aromatic carbocycles. The van der Waals surface area contributed by atoms with Crippen LogP contribution in [0.2, 0.25) is 0 Å². The van der Waals surface area contributed by atoms with Gasteiger partial charge in [-0.25, -0.2) is 25.3 Å². The van der Waals surface area contributed by atoms with Crippen molar-refractivity contribution in [3.63, 3.8) is 0 Å². The Bertz CT molecular complexity index is 1620. The molecule has 0 atom stereocenters. The molecular weight excluding hydrogens is 691 g/mol. The van der Waals surface area contributed by atoms with Crippen molar-refractivity contribution >= 4 is 41.1 Å². The summed E-state index contributed by atoms with van der Waals surface area (Å²) in [7, 11) is -8.02. The molecule has 5 rings (SSSR count). The number of quaternary nitrogens is 3. The topological polar surface area (TPSA) is 172 Å². The van der Waals surface area contributed by atoms with Gasteiger partial charge < -0.3 is 27.1 Å². The predicted molar refractivity (Wildman–Crippen MR) is 189 cm³/mol. The maximum Gasteiger partial charge on any atom is 0.125 e. The SMILES string of the molecule is CC[N+]1(C)CCCCC1.CC[N+]1(C)CCCCC1.CC[N+]1(C)CCCCC1.O=S(=O)([O-])c1ccc2c(S(=O)(=O)[O-])cc(S(=O)(=O)[O-])cc2c1. The van der Waals surface area contributed by atoms with E-state index in [2.05, 4.69) is 41.9 Å². The number of nitrogens with zero attached hydrogens (tertiary/aromatic N) is 3. The summed E-state index contributed by atoms with van der Waals surface area (Å²) in [5.74, 6) is 0. The highest BCUT2D eigenvalue weighted by Crippen LogP contribution is 2.29. The minimum Gasteiger partial charge on any atom is -0.744 e. The number of benzene rings is 2. The second-order valence-corrected chi connectivity index (χ2v) is 18.6. The second kappa shape index (κ2) is 18.2. The summed E-state index contributed by atoms with van der Waals surface area (Å²) in [5, 5.41) is -0.668. The lowest BCUT2D eigenvalue weighted by Gasteiger charge is -2.36. The largest absolute Gasteiger partial charge is 0.744 e. The first-order valence-electron chi connectivity index (χ1n) is 17.6. The normalized spacial score (nSPS) is 20.3. The van der Waals surface area contributed by atoms with Gasteiger partial charge in [0.15, 0.2) is 0 Å². The third-order valence-corrected chi connectivity index (χ3v) is 13.2.